The van der Waals surface area contributed by atoms with Crippen LogP contribution in [-0.2, 0) is 11.0 Å². The number of anilines is 1. The normalized spacial score (nSPS) is 16.6. The maximum absolute atomic E-state index is 12.6. The molecule has 134 valence electrons. The largest absolute Gasteiger partial charge is 0.433 e. The van der Waals surface area contributed by atoms with Gasteiger partial charge in [-0.1, -0.05) is 0 Å². The van der Waals surface area contributed by atoms with E-state index in [1.807, 2.05) is 0 Å². The van der Waals surface area contributed by atoms with Crippen LogP contribution >= 0.6 is 11.8 Å². The van der Waals surface area contributed by atoms with Crippen LogP contribution in [0.3, 0.4) is 0 Å². The molecule has 1 saturated heterocycles. The smallest absolute Gasteiger partial charge is 0.401 e. The lowest BCUT2D eigenvalue weighted by Gasteiger charge is -2.13. The van der Waals surface area contributed by atoms with Crippen molar-refractivity contribution >= 4 is 40.6 Å². The molecule has 2 heterocycles. The van der Waals surface area contributed by atoms with Crippen LogP contribution in [0.5, 0.6) is 0 Å². The standard InChI is InChI=1S/C15H7F3N2O5S/c16-15(17,18)8-1-3-9(4-2-8)19-13(21)11(26-14(19)22)7-10-5-6-12(25-10)20(23)24/h1-7H/b11-7-. The Kier molecular flexibility index (Phi) is 4.32. The van der Waals surface area contributed by atoms with E-state index in [0.717, 1.165) is 36.4 Å². The number of amides is 2. The molecular formula is C15H7F3N2O5S. The van der Waals surface area contributed by atoms with Crippen molar-refractivity contribution in [1.29, 1.82) is 0 Å². The van der Waals surface area contributed by atoms with Crippen molar-refractivity contribution in [3.63, 3.8) is 0 Å². The van der Waals surface area contributed by atoms with E-state index in [1.54, 1.807) is 0 Å². The second kappa shape index (κ2) is 6.33. The zero-order chi connectivity index (χ0) is 19.1. The highest BCUT2D eigenvalue weighted by Gasteiger charge is 2.37. The van der Waals surface area contributed by atoms with E-state index in [1.165, 1.54) is 6.07 Å². The highest BCUT2D eigenvalue weighted by molar-refractivity contribution is 8.19. The van der Waals surface area contributed by atoms with Gasteiger partial charge < -0.3 is 4.42 Å². The maximum atomic E-state index is 12.6. The van der Waals surface area contributed by atoms with Crippen molar-refractivity contribution in [3.8, 4) is 0 Å². The Hall–Kier alpha value is -3.08. The van der Waals surface area contributed by atoms with Crippen molar-refractivity contribution in [2.75, 3.05) is 4.90 Å². The van der Waals surface area contributed by atoms with Crippen molar-refractivity contribution in [3.05, 3.63) is 62.7 Å². The van der Waals surface area contributed by atoms with Crippen molar-refractivity contribution in [1.82, 2.24) is 0 Å². The predicted molar refractivity (Wildman–Crippen MR) is 85.3 cm³/mol. The number of nitrogens with zero attached hydrogens (tertiary/aromatic N) is 2. The van der Waals surface area contributed by atoms with E-state index in [0.29, 0.717) is 16.7 Å². The van der Waals surface area contributed by atoms with Crippen LogP contribution in [0.4, 0.5) is 29.5 Å². The number of imide groups is 1. The van der Waals surface area contributed by atoms with Gasteiger partial charge in [0.2, 0.25) is 0 Å². The molecule has 11 heteroatoms. The number of carbonyl (C=O) groups is 2. The molecule has 0 saturated carbocycles. The molecule has 3 rings (SSSR count). The van der Waals surface area contributed by atoms with Crippen molar-refractivity contribution < 1.29 is 32.1 Å². The van der Waals surface area contributed by atoms with Gasteiger partial charge in [0, 0.05) is 6.08 Å². The first-order chi connectivity index (χ1) is 12.2. The van der Waals surface area contributed by atoms with Gasteiger partial charge >= 0.3 is 12.1 Å². The van der Waals surface area contributed by atoms with Crippen LogP contribution in [-0.4, -0.2) is 16.1 Å². The first-order valence-corrected chi connectivity index (χ1v) is 7.68. The summed E-state index contributed by atoms with van der Waals surface area (Å²) in [5.74, 6) is -1.30. The van der Waals surface area contributed by atoms with Gasteiger partial charge in [0.25, 0.3) is 11.1 Å². The van der Waals surface area contributed by atoms with Gasteiger partial charge in [-0.25, -0.2) is 4.90 Å². The number of carbonyl (C=O) groups excluding carboxylic acids is 2. The molecule has 0 N–H and O–H groups in total. The summed E-state index contributed by atoms with van der Waals surface area (Å²) in [7, 11) is 0. The number of alkyl halides is 3. The fourth-order valence-electron chi connectivity index (χ4n) is 2.14. The highest BCUT2D eigenvalue weighted by atomic mass is 32.2. The van der Waals surface area contributed by atoms with Gasteiger partial charge in [-0.05, 0) is 42.1 Å². The average molecular weight is 384 g/mol. The quantitative estimate of drug-likeness (QED) is 0.441. The van der Waals surface area contributed by atoms with Gasteiger partial charge in [0.15, 0.2) is 0 Å². The number of rotatable bonds is 3. The summed E-state index contributed by atoms with van der Waals surface area (Å²) < 4.78 is 42.7. The molecule has 1 aliphatic heterocycles. The monoisotopic (exact) mass is 384 g/mol. The fourth-order valence-corrected chi connectivity index (χ4v) is 2.96. The Morgan fingerprint density at radius 1 is 1.12 bits per heavy atom. The van der Waals surface area contributed by atoms with Crippen LogP contribution in [0.2, 0.25) is 0 Å². The first-order valence-electron chi connectivity index (χ1n) is 6.86. The molecule has 1 aliphatic rings. The number of thioether (sulfide) groups is 1. The van der Waals surface area contributed by atoms with E-state index in [2.05, 4.69) is 0 Å². The fraction of sp³-hybridized carbons (Fsp3) is 0.0667. The molecule has 0 unspecified atom stereocenters. The molecule has 26 heavy (non-hydrogen) atoms. The summed E-state index contributed by atoms with van der Waals surface area (Å²) >= 11 is 0.545. The number of furan rings is 1. The number of halogens is 3. The summed E-state index contributed by atoms with van der Waals surface area (Å²) in [4.78, 5) is 34.9. The zero-order valence-corrected chi connectivity index (χ0v) is 13.3. The number of nitro groups is 1. The minimum Gasteiger partial charge on any atom is -0.401 e. The Balaban J connectivity index is 1.86. The molecule has 0 radical (unpaired) electrons. The second-order valence-corrected chi connectivity index (χ2v) is 5.99. The molecule has 2 amide bonds. The van der Waals surface area contributed by atoms with Crippen molar-refractivity contribution in [2.24, 2.45) is 0 Å². The van der Waals surface area contributed by atoms with Crippen LogP contribution in [0.15, 0.2) is 45.7 Å². The van der Waals surface area contributed by atoms with Gasteiger partial charge in [0.1, 0.15) is 10.7 Å². The lowest BCUT2D eigenvalue weighted by molar-refractivity contribution is -0.402. The van der Waals surface area contributed by atoms with E-state index < -0.39 is 33.7 Å². The molecule has 0 bridgehead atoms. The number of benzene rings is 1. The van der Waals surface area contributed by atoms with E-state index >= 15 is 0 Å². The van der Waals surface area contributed by atoms with Crippen molar-refractivity contribution in [2.45, 2.75) is 6.18 Å². The molecule has 7 nitrogen and oxygen atoms in total. The SMILES string of the molecule is O=C1S/C(=C\c2ccc([N+](=O)[O-])o2)C(=O)N1c1ccc(C(F)(F)F)cc1. The lowest BCUT2D eigenvalue weighted by Crippen LogP contribution is -2.27. The summed E-state index contributed by atoms with van der Waals surface area (Å²) in [5, 5.41) is 9.87. The first kappa shape index (κ1) is 17.7. The summed E-state index contributed by atoms with van der Waals surface area (Å²) in [5.41, 5.74) is -0.930. The van der Waals surface area contributed by atoms with Gasteiger partial charge in [0.05, 0.1) is 22.2 Å². The molecule has 1 aromatic carbocycles. The minimum atomic E-state index is -4.54. The Bertz CT molecular complexity index is 934. The lowest BCUT2D eigenvalue weighted by atomic mass is 10.2. The number of hydrogen-bond acceptors (Lipinski definition) is 6. The Morgan fingerprint density at radius 2 is 1.77 bits per heavy atom. The highest BCUT2D eigenvalue weighted by Crippen LogP contribution is 2.37. The predicted octanol–water partition coefficient (Wildman–Crippen LogP) is 4.45. The number of hydrogen-bond donors (Lipinski definition) is 0. The average Bonchev–Trinajstić information content (AvgIpc) is 3.12. The van der Waals surface area contributed by atoms with Gasteiger partial charge in [-0.3, -0.25) is 19.7 Å². The molecule has 1 fully saturated rings. The van der Waals surface area contributed by atoms with E-state index in [9.17, 15) is 32.9 Å². The second-order valence-electron chi connectivity index (χ2n) is 4.99. The third-order valence-corrected chi connectivity index (χ3v) is 4.18. The molecule has 0 atom stereocenters. The van der Waals surface area contributed by atoms with Crippen LogP contribution in [0, 0.1) is 10.1 Å². The molecule has 1 aromatic heterocycles. The Labute approximate surface area is 147 Å². The third kappa shape index (κ3) is 3.33. The topological polar surface area (TPSA) is 93.7 Å². The third-order valence-electron chi connectivity index (χ3n) is 3.31. The van der Waals surface area contributed by atoms with Crippen LogP contribution in [0.25, 0.3) is 6.08 Å². The Morgan fingerprint density at radius 3 is 2.31 bits per heavy atom. The zero-order valence-electron chi connectivity index (χ0n) is 12.5. The molecule has 2 aromatic rings. The maximum Gasteiger partial charge on any atom is 0.433 e. The van der Waals surface area contributed by atoms with Gasteiger partial charge in [-0.2, -0.15) is 13.2 Å². The molecule has 0 aliphatic carbocycles. The van der Waals surface area contributed by atoms with Gasteiger partial charge in [-0.15, -0.1) is 0 Å². The van der Waals surface area contributed by atoms with Crippen LogP contribution < -0.4 is 4.90 Å². The summed E-state index contributed by atoms with van der Waals surface area (Å²) in [6.07, 6.45) is -3.38. The van der Waals surface area contributed by atoms with Crippen LogP contribution in [0.1, 0.15) is 11.3 Å². The molecule has 0 spiro atoms. The minimum absolute atomic E-state index is 0.00498. The molecular weight excluding hydrogens is 377 g/mol. The summed E-state index contributed by atoms with van der Waals surface area (Å²) in [6, 6.07) is 5.90. The van der Waals surface area contributed by atoms with E-state index in [-0.39, 0.29) is 16.4 Å². The summed E-state index contributed by atoms with van der Waals surface area (Å²) in [6.45, 7) is 0. The van der Waals surface area contributed by atoms with E-state index in [4.69, 9.17) is 4.42 Å².